The van der Waals surface area contributed by atoms with E-state index in [1.165, 1.54) is 79.8 Å². The van der Waals surface area contributed by atoms with E-state index in [4.69, 9.17) is 14.2 Å². The summed E-state index contributed by atoms with van der Waals surface area (Å²) >= 11 is 0. The van der Waals surface area contributed by atoms with Crippen molar-refractivity contribution in [3.8, 4) is 40.1 Å². The third kappa shape index (κ3) is 5.78. The molecule has 6 rings (SSSR count). The number of carbonyl (C=O) groups excluding carboxylic acids is 1. The van der Waals surface area contributed by atoms with E-state index in [2.05, 4.69) is 20.4 Å². The first-order valence-electron chi connectivity index (χ1n) is 13.4. The molecule has 4 aromatic heterocycles. The van der Waals surface area contributed by atoms with Crippen LogP contribution in [0.25, 0.3) is 28.0 Å². The van der Waals surface area contributed by atoms with Crippen LogP contribution < -0.4 is 25.0 Å². The molecule has 0 spiro atoms. The lowest BCUT2D eigenvalue weighted by molar-refractivity contribution is 0.102. The van der Waals surface area contributed by atoms with Gasteiger partial charge in [0.05, 0.1) is 19.7 Å². The van der Waals surface area contributed by atoms with Gasteiger partial charge in [0.1, 0.15) is 16.9 Å². The molecule has 0 fully saturated rings. The summed E-state index contributed by atoms with van der Waals surface area (Å²) in [7, 11) is 4.64. The Hall–Kier alpha value is -6.11. The second-order valence-electron chi connectivity index (χ2n) is 9.75. The van der Waals surface area contributed by atoms with Gasteiger partial charge in [-0.15, -0.1) is 0 Å². The molecule has 4 heterocycles. The molecule has 0 unspecified atom stereocenters. The van der Waals surface area contributed by atoms with Crippen LogP contribution in [0.5, 0.6) is 23.1 Å². The summed E-state index contributed by atoms with van der Waals surface area (Å²) in [5.74, 6) is -0.964. The molecule has 13 heteroatoms. The quantitative estimate of drug-likeness (QED) is 0.239. The zero-order chi connectivity index (χ0) is 31.7. The van der Waals surface area contributed by atoms with Gasteiger partial charge in [-0.25, -0.2) is 13.8 Å². The van der Waals surface area contributed by atoms with Crippen molar-refractivity contribution < 1.29 is 27.8 Å². The third-order valence-electron chi connectivity index (χ3n) is 6.82. The number of aromatic nitrogens is 5. The summed E-state index contributed by atoms with van der Waals surface area (Å²) in [5, 5.41) is 6.91. The van der Waals surface area contributed by atoms with E-state index in [-0.39, 0.29) is 34.2 Å². The molecule has 0 saturated heterocycles. The lowest BCUT2D eigenvalue weighted by Crippen LogP contribution is -2.24. The summed E-state index contributed by atoms with van der Waals surface area (Å²) in [6.45, 7) is 0. The number of nitrogens with zero attached hydrogens (tertiary/aromatic N) is 5. The number of fused-ring (bicyclic) bond motifs is 1. The number of carbonyl (C=O) groups is 1. The Morgan fingerprint density at radius 2 is 1.71 bits per heavy atom. The number of ether oxygens (including phenoxy) is 3. The Morgan fingerprint density at radius 1 is 0.911 bits per heavy atom. The van der Waals surface area contributed by atoms with Crippen LogP contribution in [0.1, 0.15) is 10.4 Å². The topological polar surface area (TPSA) is 122 Å². The number of halogens is 2. The lowest BCUT2D eigenvalue weighted by Gasteiger charge is -2.13. The van der Waals surface area contributed by atoms with Crippen molar-refractivity contribution >= 4 is 22.6 Å². The van der Waals surface area contributed by atoms with E-state index < -0.39 is 23.0 Å². The molecule has 0 aliphatic rings. The minimum atomic E-state index is -0.788. The number of methoxy groups -OCH3 is 2. The average Bonchev–Trinajstić information content (AvgIpc) is 3.48. The van der Waals surface area contributed by atoms with Gasteiger partial charge in [-0.3, -0.25) is 19.3 Å². The van der Waals surface area contributed by atoms with Crippen LogP contribution >= 0.6 is 0 Å². The number of nitrogens with one attached hydrogen (secondary N) is 1. The van der Waals surface area contributed by atoms with Gasteiger partial charge in [0.15, 0.2) is 28.9 Å². The Morgan fingerprint density at radius 3 is 2.40 bits per heavy atom. The summed E-state index contributed by atoms with van der Waals surface area (Å²) in [6.07, 6.45) is 6.04. The number of amides is 1. The zero-order valence-electron chi connectivity index (χ0n) is 24.1. The average molecular weight is 611 g/mol. The maximum absolute atomic E-state index is 15.3. The number of aryl methyl sites for hydroxylation is 1. The fourth-order valence-corrected chi connectivity index (χ4v) is 4.61. The molecule has 226 valence electrons. The molecule has 0 aliphatic carbocycles. The molecular weight excluding hydrogens is 586 g/mol. The fourth-order valence-electron chi connectivity index (χ4n) is 4.61. The summed E-state index contributed by atoms with van der Waals surface area (Å²) in [5.41, 5.74) is 0.548. The van der Waals surface area contributed by atoms with Crippen LogP contribution in [0.3, 0.4) is 0 Å². The standard InChI is InChI=1S/C32H24F2N6O5/c1-39-13-11-28(38-39)40-16-21(18-4-6-19(33)7-5-18)30(41)22(17-40)31(42)36-20-8-9-25(23(34)14-20)45-26-10-12-35-24-15-27(43-2)32(44-3)37-29(24)26/h4-17H,1-3H3,(H,36,42). The first-order valence-corrected chi connectivity index (χ1v) is 13.4. The first kappa shape index (κ1) is 29.0. The van der Waals surface area contributed by atoms with E-state index in [0.717, 1.165) is 6.07 Å². The van der Waals surface area contributed by atoms with E-state index >= 15 is 4.39 Å². The van der Waals surface area contributed by atoms with E-state index in [9.17, 15) is 14.0 Å². The van der Waals surface area contributed by atoms with Crippen LogP contribution in [0.2, 0.25) is 0 Å². The Kier molecular flexibility index (Phi) is 7.65. The van der Waals surface area contributed by atoms with E-state index in [0.29, 0.717) is 28.2 Å². The van der Waals surface area contributed by atoms with Gasteiger partial charge in [0.2, 0.25) is 5.43 Å². The van der Waals surface area contributed by atoms with Gasteiger partial charge in [-0.2, -0.15) is 5.10 Å². The summed E-state index contributed by atoms with van der Waals surface area (Å²) in [6, 6.07) is 14.0. The van der Waals surface area contributed by atoms with Gasteiger partial charge in [0.25, 0.3) is 11.8 Å². The zero-order valence-corrected chi connectivity index (χ0v) is 24.1. The Labute approximate surface area is 254 Å². The monoisotopic (exact) mass is 610 g/mol. The highest BCUT2D eigenvalue weighted by molar-refractivity contribution is 6.04. The number of rotatable bonds is 8. The number of pyridine rings is 3. The minimum absolute atomic E-state index is 0.0740. The fraction of sp³-hybridized carbons (Fsp3) is 0.0938. The maximum atomic E-state index is 15.3. The summed E-state index contributed by atoms with van der Waals surface area (Å²) < 4.78 is 48.3. The molecule has 1 amide bonds. The van der Waals surface area contributed by atoms with Crippen molar-refractivity contribution in [3.05, 3.63) is 113 Å². The molecule has 0 bridgehead atoms. The first-order chi connectivity index (χ1) is 21.7. The predicted octanol–water partition coefficient (Wildman–Crippen LogP) is 5.52. The smallest absolute Gasteiger partial charge is 0.261 e. The number of hydrogen-bond donors (Lipinski definition) is 1. The second kappa shape index (κ2) is 11.9. The largest absolute Gasteiger partial charge is 0.491 e. The molecule has 0 aliphatic heterocycles. The minimum Gasteiger partial charge on any atom is -0.491 e. The predicted molar refractivity (Wildman–Crippen MR) is 161 cm³/mol. The highest BCUT2D eigenvalue weighted by atomic mass is 19.1. The molecule has 1 N–H and O–H groups in total. The Bertz CT molecular complexity index is 2130. The molecule has 0 saturated carbocycles. The normalized spacial score (nSPS) is 11.0. The number of anilines is 1. The van der Waals surface area contributed by atoms with Crippen molar-refractivity contribution in [1.29, 1.82) is 0 Å². The summed E-state index contributed by atoms with van der Waals surface area (Å²) in [4.78, 5) is 35.5. The highest BCUT2D eigenvalue weighted by Gasteiger charge is 2.19. The molecule has 2 aromatic carbocycles. The third-order valence-corrected chi connectivity index (χ3v) is 6.82. The van der Waals surface area contributed by atoms with Crippen molar-refractivity contribution in [1.82, 2.24) is 24.3 Å². The molecular formula is C32H24F2N6O5. The van der Waals surface area contributed by atoms with Crippen LogP contribution in [0.4, 0.5) is 14.5 Å². The van der Waals surface area contributed by atoms with Crippen molar-refractivity contribution in [2.45, 2.75) is 0 Å². The molecule has 45 heavy (non-hydrogen) atoms. The van der Waals surface area contributed by atoms with Crippen LogP contribution in [0.15, 0.2) is 90.2 Å². The number of hydrogen-bond acceptors (Lipinski definition) is 8. The SMILES string of the molecule is COc1cc2nccc(Oc3ccc(NC(=O)c4cn(-c5ccn(C)n5)cc(-c5ccc(F)cc5)c4=O)cc3F)c2nc1OC. The van der Waals surface area contributed by atoms with Gasteiger partial charge < -0.3 is 24.1 Å². The van der Waals surface area contributed by atoms with E-state index in [1.807, 2.05) is 0 Å². The highest BCUT2D eigenvalue weighted by Crippen LogP contribution is 2.35. The van der Waals surface area contributed by atoms with Crippen LogP contribution in [-0.2, 0) is 7.05 Å². The number of benzene rings is 2. The van der Waals surface area contributed by atoms with Gasteiger partial charge in [0, 0.05) is 67.4 Å². The van der Waals surface area contributed by atoms with Crippen molar-refractivity contribution in [3.63, 3.8) is 0 Å². The van der Waals surface area contributed by atoms with Crippen LogP contribution in [-0.4, -0.2) is 44.4 Å². The maximum Gasteiger partial charge on any atom is 0.261 e. The van der Waals surface area contributed by atoms with Crippen molar-refractivity contribution in [2.75, 3.05) is 19.5 Å². The molecule has 11 nitrogen and oxygen atoms in total. The molecule has 6 aromatic rings. The van der Waals surface area contributed by atoms with Gasteiger partial charge in [-0.1, -0.05) is 12.1 Å². The molecule has 0 atom stereocenters. The molecule has 0 radical (unpaired) electrons. The van der Waals surface area contributed by atoms with E-state index in [1.54, 1.807) is 30.1 Å². The van der Waals surface area contributed by atoms with Gasteiger partial charge in [-0.05, 0) is 29.8 Å². The Balaban J connectivity index is 1.30. The lowest BCUT2D eigenvalue weighted by atomic mass is 10.0. The van der Waals surface area contributed by atoms with Crippen molar-refractivity contribution in [2.24, 2.45) is 7.05 Å². The van der Waals surface area contributed by atoms with Crippen LogP contribution in [0, 0.1) is 11.6 Å². The van der Waals surface area contributed by atoms with Gasteiger partial charge >= 0.3 is 0 Å². The second-order valence-corrected chi connectivity index (χ2v) is 9.75.